The molecular weight excluding hydrogens is 962 g/mol. The fourth-order valence-corrected chi connectivity index (χ4v) is 11.7. The van der Waals surface area contributed by atoms with Crippen LogP contribution >= 0.6 is 8.53 Å². The number of hydrogen-bond donors (Lipinski definition) is 0. The fourth-order valence-electron chi connectivity index (χ4n) is 8.66. The Morgan fingerprint density at radius 2 is 1.38 bits per heavy atom. The number of carbonyl (C=O) groups excluding carboxylic acids is 1. The number of methoxy groups -OCH3 is 2. The summed E-state index contributed by atoms with van der Waals surface area (Å²) >= 11 is 0. The first-order valence-electron chi connectivity index (χ1n) is 24.6. The van der Waals surface area contributed by atoms with Crippen molar-refractivity contribution in [2.24, 2.45) is 0 Å². The SMILES string of the molecule is COc1ccc(C(OC[C@H]2O[C@@H](n3cnc4c(N(C)C(=O)COc5ccccc5)ncnc43)[C@H](O[Si](C)(C)C(C)(C)C)[C@@H]2OP(OCCC#N)N(C(C)C)C(C)C)(c2ccccc2)c2ccc(OC)cc2)cc1. The molecule has 7 rings (SSSR count). The molecule has 0 aliphatic carbocycles. The molecule has 73 heavy (non-hydrogen) atoms. The molecule has 16 nitrogen and oxygen atoms in total. The second-order valence-electron chi connectivity index (χ2n) is 19.9. The molecular formula is C55H70N7O9PSi. The number of amides is 1. The monoisotopic (exact) mass is 1030 g/mol. The van der Waals surface area contributed by atoms with Crippen LogP contribution in [0.15, 0.2) is 122 Å². The average Bonchev–Trinajstić information content (AvgIpc) is 3.96. The van der Waals surface area contributed by atoms with Gasteiger partial charge in [0.15, 0.2) is 38.1 Å². The maximum atomic E-state index is 13.7. The van der Waals surface area contributed by atoms with Gasteiger partial charge in [0.05, 0.1) is 46.3 Å². The van der Waals surface area contributed by atoms with Gasteiger partial charge < -0.3 is 37.2 Å². The zero-order valence-electron chi connectivity index (χ0n) is 44.1. The van der Waals surface area contributed by atoms with Gasteiger partial charge in [0.1, 0.15) is 47.5 Å². The van der Waals surface area contributed by atoms with Crippen LogP contribution in [0, 0.1) is 11.3 Å². The van der Waals surface area contributed by atoms with Crippen LogP contribution in [0.1, 0.15) is 77.8 Å². The van der Waals surface area contributed by atoms with E-state index in [1.54, 1.807) is 39.7 Å². The molecule has 3 heterocycles. The molecule has 0 spiro atoms. The summed E-state index contributed by atoms with van der Waals surface area (Å²) in [5.74, 6) is 1.92. The first kappa shape index (κ1) is 55.0. The van der Waals surface area contributed by atoms with Crippen molar-refractivity contribution in [2.75, 3.05) is 46.0 Å². The number of imidazole rings is 1. The normalized spacial score (nSPS) is 17.8. The van der Waals surface area contributed by atoms with Gasteiger partial charge >= 0.3 is 0 Å². The Morgan fingerprint density at radius 1 is 0.808 bits per heavy atom. The van der Waals surface area contributed by atoms with E-state index >= 15 is 0 Å². The van der Waals surface area contributed by atoms with Gasteiger partial charge in [0, 0.05) is 19.1 Å². The number of likely N-dealkylation sites (N-methyl/N-ethyl adjacent to an activating group) is 1. The standard InChI is InChI=1S/C55H70N7O9PSi/c1-38(2)62(39(3)4)72(68-33-19-32-56)70-49-46(34-67-55(40-20-15-13-16-21-40,41-24-28-43(64-9)29-25-41)42-26-30-44(65-10)31-27-42)69-53(50(49)71-73(11,12)54(5,6)7)61-37-59-48-51(57-36-58-52(48)61)60(8)47(63)35-66-45-22-17-14-18-23-45/h13-18,20-31,36-39,46,49-50,53H,19,33-35H2,1-12H3/t46-,49-,50-,53-,72?/m1/s1. The summed E-state index contributed by atoms with van der Waals surface area (Å²) in [6.45, 7) is 19.3. The third kappa shape index (κ3) is 12.3. The van der Waals surface area contributed by atoms with Crippen LogP contribution in [0.5, 0.6) is 17.2 Å². The van der Waals surface area contributed by atoms with E-state index in [4.69, 9.17) is 47.1 Å². The minimum Gasteiger partial charge on any atom is -0.497 e. The molecule has 0 radical (unpaired) electrons. The molecule has 0 saturated carbocycles. The molecule has 6 aromatic rings. The highest BCUT2D eigenvalue weighted by Crippen LogP contribution is 2.53. The number of hydrogen-bond acceptors (Lipinski definition) is 14. The predicted molar refractivity (Wildman–Crippen MR) is 285 cm³/mol. The molecule has 1 aliphatic heterocycles. The number of ether oxygens (including phenoxy) is 5. The Kier molecular flexibility index (Phi) is 18.1. The molecule has 1 amide bonds. The first-order valence-corrected chi connectivity index (χ1v) is 28.7. The Balaban J connectivity index is 1.39. The molecule has 18 heteroatoms. The van der Waals surface area contributed by atoms with Crippen LogP contribution in [0.4, 0.5) is 5.82 Å². The third-order valence-electron chi connectivity index (χ3n) is 13.4. The van der Waals surface area contributed by atoms with E-state index < -0.39 is 47.0 Å². The van der Waals surface area contributed by atoms with Crippen LogP contribution in [0.25, 0.3) is 11.2 Å². The van der Waals surface area contributed by atoms with Gasteiger partial charge in [0.25, 0.3) is 14.4 Å². The van der Waals surface area contributed by atoms with E-state index in [9.17, 15) is 10.1 Å². The molecule has 0 bridgehead atoms. The van der Waals surface area contributed by atoms with Crippen molar-refractivity contribution in [3.63, 3.8) is 0 Å². The maximum absolute atomic E-state index is 13.7. The summed E-state index contributed by atoms with van der Waals surface area (Å²) in [5.41, 5.74) is 2.14. The highest BCUT2D eigenvalue weighted by atomic mass is 31.2. The van der Waals surface area contributed by atoms with Crippen LogP contribution in [-0.4, -0.2) is 110 Å². The van der Waals surface area contributed by atoms with E-state index in [-0.39, 0.29) is 49.3 Å². The van der Waals surface area contributed by atoms with Crippen LogP contribution in [-0.2, 0) is 33.3 Å². The molecule has 1 aliphatic rings. The van der Waals surface area contributed by atoms with Crippen molar-refractivity contribution < 1.29 is 42.0 Å². The van der Waals surface area contributed by atoms with Crippen molar-refractivity contribution in [1.29, 1.82) is 5.26 Å². The lowest BCUT2D eigenvalue weighted by atomic mass is 9.80. The molecule has 1 fully saturated rings. The Morgan fingerprint density at radius 3 is 1.93 bits per heavy atom. The lowest BCUT2D eigenvalue weighted by Gasteiger charge is -2.42. The van der Waals surface area contributed by atoms with E-state index in [0.717, 1.165) is 16.7 Å². The van der Waals surface area contributed by atoms with E-state index in [2.05, 4.69) is 89.4 Å². The Bertz CT molecular complexity index is 2700. The molecule has 4 aromatic carbocycles. The molecule has 2 aromatic heterocycles. The minimum atomic E-state index is -2.68. The first-order chi connectivity index (χ1) is 34.9. The van der Waals surface area contributed by atoms with Gasteiger partial charge in [-0.25, -0.2) is 19.6 Å². The number of benzene rings is 4. The average molecular weight is 1030 g/mol. The van der Waals surface area contributed by atoms with Crippen molar-refractivity contribution in [1.82, 2.24) is 24.2 Å². The summed E-state index contributed by atoms with van der Waals surface area (Å²) in [6.07, 6.45) is -0.0870. The number of carbonyl (C=O) groups is 1. The summed E-state index contributed by atoms with van der Waals surface area (Å²) in [6, 6.07) is 37.3. The van der Waals surface area contributed by atoms with Crippen LogP contribution < -0.4 is 19.1 Å². The number of aromatic nitrogens is 4. The quantitative estimate of drug-likeness (QED) is 0.0258. The predicted octanol–water partition coefficient (Wildman–Crippen LogP) is 10.8. The molecule has 388 valence electrons. The van der Waals surface area contributed by atoms with E-state index in [1.807, 2.05) is 89.5 Å². The van der Waals surface area contributed by atoms with Gasteiger partial charge in [-0.3, -0.25) is 14.3 Å². The van der Waals surface area contributed by atoms with E-state index in [1.165, 1.54) is 11.2 Å². The van der Waals surface area contributed by atoms with Crippen molar-refractivity contribution in [3.05, 3.63) is 139 Å². The third-order valence-corrected chi connectivity index (χ3v) is 20.0. The molecule has 1 unspecified atom stereocenters. The molecule has 1 saturated heterocycles. The van der Waals surface area contributed by atoms with Gasteiger partial charge in [0.2, 0.25) is 0 Å². The Labute approximate surface area is 432 Å². The summed E-state index contributed by atoms with van der Waals surface area (Å²) in [7, 11) is 0.408. The highest BCUT2D eigenvalue weighted by Gasteiger charge is 2.54. The van der Waals surface area contributed by atoms with Crippen LogP contribution in [0.3, 0.4) is 0 Å². The summed E-state index contributed by atoms with van der Waals surface area (Å²) in [4.78, 5) is 29.3. The van der Waals surface area contributed by atoms with Gasteiger partial charge in [-0.15, -0.1) is 0 Å². The number of para-hydroxylation sites is 1. The lowest BCUT2D eigenvalue weighted by molar-refractivity contribution is -0.120. The fraction of sp³-hybridized carbons (Fsp3) is 0.436. The second-order valence-corrected chi connectivity index (χ2v) is 26.1. The summed E-state index contributed by atoms with van der Waals surface area (Å²) in [5, 5.41) is 9.45. The Hall–Kier alpha value is -5.80. The molecule has 5 atom stereocenters. The number of rotatable bonds is 23. The minimum absolute atomic E-state index is 0.00200. The number of nitriles is 1. The number of fused-ring (bicyclic) bond motifs is 1. The number of nitrogens with zero attached hydrogens (tertiary/aromatic N) is 7. The number of anilines is 1. The topological polar surface area (TPSA) is 165 Å². The zero-order chi connectivity index (χ0) is 52.5. The molecule has 0 N–H and O–H groups in total. The largest absolute Gasteiger partial charge is 0.497 e. The maximum Gasteiger partial charge on any atom is 0.265 e. The van der Waals surface area contributed by atoms with Gasteiger partial charge in [-0.05, 0) is 98.9 Å². The van der Waals surface area contributed by atoms with Crippen LogP contribution in [0.2, 0.25) is 18.1 Å². The summed E-state index contributed by atoms with van der Waals surface area (Å²) < 4.78 is 57.8. The highest BCUT2D eigenvalue weighted by molar-refractivity contribution is 7.44. The van der Waals surface area contributed by atoms with Gasteiger partial charge in [-0.2, -0.15) is 5.26 Å². The van der Waals surface area contributed by atoms with Crippen molar-refractivity contribution in [3.8, 4) is 23.3 Å². The van der Waals surface area contributed by atoms with Crippen molar-refractivity contribution >= 4 is 39.7 Å². The van der Waals surface area contributed by atoms with Crippen molar-refractivity contribution in [2.45, 2.75) is 115 Å². The zero-order valence-corrected chi connectivity index (χ0v) is 46.0. The second kappa shape index (κ2) is 24.0. The van der Waals surface area contributed by atoms with E-state index in [0.29, 0.717) is 34.2 Å². The smallest absolute Gasteiger partial charge is 0.265 e. The van der Waals surface area contributed by atoms with Gasteiger partial charge in [-0.1, -0.05) is 93.6 Å². The lowest BCUT2D eigenvalue weighted by Crippen LogP contribution is -2.50.